The van der Waals surface area contributed by atoms with Crippen LogP contribution in [0.2, 0.25) is 0 Å². The average molecular weight is 254 g/mol. The third-order valence-corrected chi connectivity index (χ3v) is 4.75. The van der Waals surface area contributed by atoms with Crippen molar-refractivity contribution in [1.29, 1.82) is 0 Å². The number of quaternary nitrogens is 1. The van der Waals surface area contributed by atoms with Crippen LogP contribution in [-0.2, 0) is 17.8 Å². The number of aryl methyl sites for hydroxylation is 1. The van der Waals surface area contributed by atoms with Crippen LogP contribution in [0.4, 0.5) is 0 Å². The zero-order chi connectivity index (χ0) is 12.9. The van der Waals surface area contributed by atoms with E-state index < -0.39 is 0 Å². The second-order valence-corrected chi connectivity index (χ2v) is 6.19. The molecule has 0 unspecified atom stereocenters. The van der Waals surface area contributed by atoms with E-state index >= 15 is 0 Å². The molecule has 0 saturated carbocycles. The van der Waals surface area contributed by atoms with Crippen molar-refractivity contribution in [2.45, 2.75) is 20.0 Å². The molecule has 0 amide bonds. The van der Waals surface area contributed by atoms with Crippen LogP contribution >= 0.6 is 0 Å². The van der Waals surface area contributed by atoms with E-state index in [0.29, 0.717) is 0 Å². The Labute approximate surface area is 114 Å². The average Bonchev–Trinajstić information content (AvgIpc) is 2.73. The van der Waals surface area contributed by atoms with E-state index in [2.05, 4.69) is 37.3 Å². The molecular weight excluding hydrogens is 234 g/mol. The lowest BCUT2D eigenvalue weighted by Gasteiger charge is -2.37. The summed E-state index contributed by atoms with van der Waals surface area (Å²) >= 11 is 0. The molecule has 2 heteroatoms. The summed E-state index contributed by atoms with van der Waals surface area (Å²) in [5.41, 5.74) is 4.46. The fourth-order valence-electron chi connectivity index (χ4n) is 3.63. The van der Waals surface area contributed by atoms with Gasteiger partial charge in [-0.1, -0.05) is 23.8 Å². The minimum absolute atomic E-state index is 0.923. The van der Waals surface area contributed by atoms with Gasteiger partial charge < -0.3 is 9.22 Å². The maximum atomic E-state index is 5.53. The standard InChI is InChI=1S/C17H20NO/c1-13-2-3-14-9-16-11-18(4-6-19-7-5-18)12-17(16)10-15(14)8-13/h2-3,8-10H,4-7,11-12H2,1H3/q+1. The number of nitrogens with zero attached hydrogens (tertiary/aromatic N) is 1. The smallest absolute Gasteiger partial charge is 0.105 e. The Hall–Kier alpha value is -1.38. The zero-order valence-electron chi connectivity index (χ0n) is 11.5. The fourth-order valence-corrected chi connectivity index (χ4v) is 3.63. The molecule has 2 nitrogen and oxygen atoms in total. The van der Waals surface area contributed by atoms with Gasteiger partial charge in [-0.15, -0.1) is 0 Å². The highest BCUT2D eigenvalue weighted by atomic mass is 16.5. The van der Waals surface area contributed by atoms with Crippen molar-refractivity contribution in [2.75, 3.05) is 26.3 Å². The molecule has 0 aliphatic carbocycles. The lowest BCUT2D eigenvalue weighted by atomic mass is 10.0. The summed E-state index contributed by atoms with van der Waals surface area (Å²) in [4.78, 5) is 0. The molecule has 0 radical (unpaired) electrons. The molecule has 4 rings (SSSR count). The van der Waals surface area contributed by atoms with Crippen molar-refractivity contribution in [3.63, 3.8) is 0 Å². The first-order valence-electron chi connectivity index (χ1n) is 7.19. The molecule has 0 N–H and O–H groups in total. The predicted molar refractivity (Wildman–Crippen MR) is 76.9 cm³/mol. The molecule has 2 heterocycles. The van der Waals surface area contributed by atoms with Crippen molar-refractivity contribution >= 4 is 10.8 Å². The largest absolute Gasteiger partial charge is 0.370 e. The Morgan fingerprint density at radius 1 is 0.895 bits per heavy atom. The van der Waals surface area contributed by atoms with Crippen molar-refractivity contribution in [1.82, 2.24) is 0 Å². The minimum Gasteiger partial charge on any atom is -0.370 e. The molecule has 0 bridgehead atoms. The predicted octanol–water partition coefficient (Wildman–Crippen LogP) is 3.01. The Kier molecular flexibility index (Phi) is 2.44. The number of benzene rings is 2. The third-order valence-electron chi connectivity index (χ3n) is 4.75. The molecule has 1 spiro atoms. The van der Waals surface area contributed by atoms with Gasteiger partial charge >= 0.3 is 0 Å². The lowest BCUT2D eigenvalue weighted by molar-refractivity contribution is -0.953. The highest BCUT2D eigenvalue weighted by Crippen LogP contribution is 2.34. The van der Waals surface area contributed by atoms with Crippen LogP contribution in [0.5, 0.6) is 0 Å². The summed E-state index contributed by atoms with van der Waals surface area (Å²) in [5, 5.41) is 2.78. The molecule has 2 aromatic carbocycles. The normalized spacial score (nSPS) is 20.9. The second kappa shape index (κ2) is 4.06. The van der Waals surface area contributed by atoms with Crippen LogP contribution in [0.15, 0.2) is 30.3 Å². The summed E-state index contributed by atoms with van der Waals surface area (Å²) in [7, 11) is 0. The number of ether oxygens (including phenoxy) is 1. The first-order chi connectivity index (χ1) is 9.24. The van der Waals surface area contributed by atoms with Gasteiger partial charge in [0.1, 0.15) is 26.2 Å². The summed E-state index contributed by atoms with van der Waals surface area (Å²) in [5.74, 6) is 0. The van der Waals surface area contributed by atoms with Gasteiger partial charge in [0, 0.05) is 11.1 Å². The van der Waals surface area contributed by atoms with Crippen LogP contribution in [0.1, 0.15) is 16.7 Å². The topological polar surface area (TPSA) is 9.23 Å². The van der Waals surface area contributed by atoms with E-state index in [9.17, 15) is 0 Å². The van der Waals surface area contributed by atoms with Crippen LogP contribution in [0, 0.1) is 6.92 Å². The first-order valence-corrected chi connectivity index (χ1v) is 7.19. The highest BCUT2D eigenvalue weighted by molar-refractivity contribution is 5.84. The quantitative estimate of drug-likeness (QED) is 0.657. The van der Waals surface area contributed by atoms with E-state index in [1.165, 1.54) is 47.0 Å². The Morgan fingerprint density at radius 3 is 2.32 bits per heavy atom. The van der Waals surface area contributed by atoms with Crippen molar-refractivity contribution in [2.24, 2.45) is 0 Å². The van der Waals surface area contributed by atoms with Gasteiger partial charge in [0.15, 0.2) is 0 Å². The second-order valence-electron chi connectivity index (χ2n) is 6.19. The highest BCUT2D eigenvalue weighted by Gasteiger charge is 2.37. The first kappa shape index (κ1) is 11.4. The van der Waals surface area contributed by atoms with E-state index in [1.54, 1.807) is 11.1 Å². The Balaban J connectivity index is 1.78. The number of hydrogen-bond acceptors (Lipinski definition) is 1. The maximum Gasteiger partial charge on any atom is 0.105 e. The summed E-state index contributed by atoms with van der Waals surface area (Å²) in [6, 6.07) is 11.6. The van der Waals surface area contributed by atoms with E-state index in [-0.39, 0.29) is 0 Å². The third kappa shape index (κ3) is 1.87. The maximum absolute atomic E-state index is 5.53. The van der Waals surface area contributed by atoms with Crippen molar-refractivity contribution < 1.29 is 9.22 Å². The minimum atomic E-state index is 0.923. The molecule has 2 aromatic rings. The molecule has 0 atom stereocenters. The molecule has 0 aromatic heterocycles. The molecule has 19 heavy (non-hydrogen) atoms. The number of morpholine rings is 1. The Morgan fingerprint density at radius 2 is 1.58 bits per heavy atom. The number of hydrogen-bond donors (Lipinski definition) is 0. The van der Waals surface area contributed by atoms with Gasteiger partial charge in [0.2, 0.25) is 0 Å². The number of fused-ring (bicyclic) bond motifs is 2. The van der Waals surface area contributed by atoms with Gasteiger partial charge in [-0.3, -0.25) is 0 Å². The summed E-state index contributed by atoms with van der Waals surface area (Å²) < 4.78 is 6.75. The van der Waals surface area contributed by atoms with Gasteiger partial charge in [-0.2, -0.15) is 0 Å². The van der Waals surface area contributed by atoms with Crippen LogP contribution in [-0.4, -0.2) is 30.8 Å². The van der Waals surface area contributed by atoms with E-state index in [0.717, 1.165) is 13.2 Å². The van der Waals surface area contributed by atoms with Gasteiger partial charge in [0.05, 0.1) is 13.2 Å². The summed E-state index contributed by atoms with van der Waals surface area (Å²) in [6.07, 6.45) is 0. The van der Waals surface area contributed by atoms with Crippen LogP contribution < -0.4 is 0 Å². The van der Waals surface area contributed by atoms with Gasteiger partial charge in [-0.25, -0.2) is 0 Å². The molecule has 2 aliphatic rings. The fraction of sp³-hybridized carbons (Fsp3) is 0.412. The SMILES string of the molecule is Cc1ccc2cc3c(cc2c1)C[N+]1(CCOCC1)C3. The van der Waals surface area contributed by atoms with Crippen LogP contribution in [0.3, 0.4) is 0 Å². The van der Waals surface area contributed by atoms with Crippen LogP contribution in [0.25, 0.3) is 10.8 Å². The Bertz CT molecular complexity index is 641. The van der Waals surface area contributed by atoms with E-state index in [4.69, 9.17) is 4.74 Å². The molecule has 98 valence electrons. The molecular formula is C17H20NO+. The van der Waals surface area contributed by atoms with Gasteiger partial charge in [0.25, 0.3) is 0 Å². The lowest BCUT2D eigenvalue weighted by Crippen LogP contribution is -2.50. The molecule has 2 aliphatic heterocycles. The van der Waals surface area contributed by atoms with Crippen molar-refractivity contribution in [3.05, 3.63) is 47.0 Å². The summed E-state index contributed by atoms with van der Waals surface area (Å²) in [6.45, 7) is 8.75. The van der Waals surface area contributed by atoms with Gasteiger partial charge in [-0.05, 0) is 29.8 Å². The zero-order valence-corrected chi connectivity index (χ0v) is 11.5. The molecule has 1 fully saturated rings. The molecule has 1 saturated heterocycles. The monoisotopic (exact) mass is 254 g/mol. The van der Waals surface area contributed by atoms with E-state index in [1.807, 2.05) is 0 Å². The number of rotatable bonds is 0. The van der Waals surface area contributed by atoms with Crippen molar-refractivity contribution in [3.8, 4) is 0 Å².